The highest BCUT2D eigenvalue weighted by molar-refractivity contribution is 5.93. The van der Waals surface area contributed by atoms with Crippen molar-refractivity contribution in [1.82, 2.24) is 14.9 Å². The molecule has 0 radical (unpaired) electrons. The lowest BCUT2D eigenvalue weighted by molar-refractivity contribution is 0.0749. The van der Waals surface area contributed by atoms with Crippen LogP contribution in [0.2, 0.25) is 0 Å². The molecule has 1 aromatic heterocycles. The second-order valence-corrected chi connectivity index (χ2v) is 6.09. The highest BCUT2D eigenvalue weighted by Gasteiger charge is 2.17. The summed E-state index contributed by atoms with van der Waals surface area (Å²) in [4.78, 5) is 23.2. The van der Waals surface area contributed by atoms with Gasteiger partial charge in [-0.05, 0) is 32.1 Å². The Morgan fingerprint density at radius 1 is 1.23 bits per heavy atom. The van der Waals surface area contributed by atoms with E-state index >= 15 is 0 Å². The van der Waals surface area contributed by atoms with Crippen molar-refractivity contribution in [3.63, 3.8) is 0 Å². The van der Waals surface area contributed by atoms with Crippen LogP contribution in [-0.2, 0) is 0 Å². The lowest BCUT2D eigenvalue weighted by Gasteiger charge is -2.21. The van der Waals surface area contributed by atoms with E-state index < -0.39 is 0 Å². The molecule has 0 saturated heterocycles. The van der Waals surface area contributed by atoms with Crippen LogP contribution in [0.4, 0.5) is 5.82 Å². The predicted molar refractivity (Wildman–Crippen MR) is 91.2 cm³/mol. The summed E-state index contributed by atoms with van der Waals surface area (Å²) in [6.45, 7) is 12.8. The molecule has 0 unspecified atom stereocenters. The second kappa shape index (κ2) is 9.38. The highest BCUT2D eigenvalue weighted by Crippen LogP contribution is 2.11. The smallest absolute Gasteiger partial charge is 0.272 e. The standard InChI is InChI=1S/C17H30N4O/c1-6-10-21(11-7-2)17(22)15-12-16(20-14(5)19-15)18-9-8-13(3)4/h12-13H,6-11H2,1-5H3,(H,18,19,20). The summed E-state index contributed by atoms with van der Waals surface area (Å²) >= 11 is 0. The Hall–Kier alpha value is -1.65. The van der Waals surface area contributed by atoms with Crippen molar-refractivity contribution in [2.24, 2.45) is 5.92 Å². The Morgan fingerprint density at radius 2 is 1.86 bits per heavy atom. The van der Waals surface area contributed by atoms with Gasteiger partial charge in [0.25, 0.3) is 5.91 Å². The number of rotatable bonds is 9. The van der Waals surface area contributed by atoms with Crippen molar-refractivity contribution in [2.45, 2.75) is 53.9 Å². The first-order valence-corrected chi connectivity index (χ1v) is 8.36. The quantitative estimate of drug-likeness (QED) is 0.758. The maximum Gasteiger partial charge on any atom is 0.272 e. The highest BCUT2D eigenvalue weighted by atomic mass is 16.2. The summed E-state index contributed by atoms with van der Waals surface area (Å²) in [7, 11) is 0. The van der Waals surface area contributed by atoms with Crippen molar-refractivity contribution < 1.29 is 4.79 Å². The molecule has 0 fully saturated rings. The number of aromatic nitrogens is 2. The average molecular weight is 306 g/mol. The molecule has 0 aliphatic carbocycles. The van der Waals surface area contributed by atoms with E-state index in [-0.39, 0.29) is 5.91 Å². The number of hydrogen-bond donors (Lipinski definition) is 1. The van der Waals surface area contributed by atoms with Crippen molar-refractivity contribution in [1.29, 1.82) is 0 Å². The molecule has 1 N–H and O–H groups in total. The van der Waals surface area contributed by atoms with E-state index in [1.54, 1.807) is 6.07 Å². The molecule has 0 saturated carbocycles. The van der Waals surface area contributed by atoms with E-state index in [4.69, 9.17) is 0 Å². The van der Waals surface area contributed by atoms with Gasteiger partial charge >= 0.3 is 0 Å². The zero-order chi connectivity index (χ0) is 16.5. The van der Waals surface area contributed by atoms with Gasteiger partial charge < -0.3 is 10.2 Å². The summed E-state index contributed by atoms with van der Waals surface area (Å²) in [5, 5.41) is 3.29. The van der Waals surface area contributed by atoms with Gasteiger partial charge in [-0.25, -0.2) is 9.97 Å². The van der Waals surface area contributed by atoms with Gasteiger partial charge in [0.05, 0.1) is 0 Å². The third-order valence-corrected chi connectivity index (χ3v) is 3.36. The lowest BCUT2D eigenvalue weighted by Crippen LogP contribution is -2.33. The SMILES string of the molecule is CCCN(CCC)C(=O)c1cc(NCCC(C)C)nc(C)n1. The minimum atomic E-state index is 0.00103. The van der Waals surface area contributed by atoms with Crippen LogP contribution in [0.1, 0.15) is 63.3 Å². The fourth-order valence-electron chi connectivity index (χ4n) is 2.27. The molecule has 124 valence electrons. The van der Waals surface area contributed by atoms with Gasteiger partial charge in [0, 0.05) is 25.7 Å². The summed E-state index contributed by atoms with van der Waals surface area (Å²) in [5.41, 5.74) is 0.487. The molecular weight excluding hydrogens is 276 g/mol. The Morgan fingerprint density at radius 3 is 2.41 bits per heavy atom. The first-order chi connectivity index (χ1) is 10.5. The van der Waals surface area contributed by atoms with E-state index in [0.717, 1.165) is 44.7 Å². The first-order valence-electron chi connectivity index (χ1n) is 8.36. The lowest BCUT2D eigenvalue weighted by atomic mass is 10.1. The number of nitrogens with zero attached hydrogens (tertiary/aromatic N) is 3. The van der Waals surface area contributed by atoms with Gasteiger partial charge in [-0.1, -0.05) is 27.7 Å². The van der Waals surface area contributed by atoms with Crippen molar-refractivity contribution >= 4 is 11.7 Å². The van der Waals surface area contributed by atoms with E-state index in [2.05, 4.69) is 43.0 Å². The number of hydrogen-bond acceptors (Lipinski definition) is 4. The maximum absolute atomic E-state index is 12.6. The van der Waals surface area contributed by atoms with Crippen LogP contribution in [0.3, 0.4) is 0 Å². The summed E-state index contributed by atoms with van der Waals surface area (Å²) in [6.07, 6.45) is 2.98. The van der Waals surface area contributed by atoms with Crippen molar-refractivity contribution in [3.8, 4) is 0 Å². The van der Waals surface area contributed by atoms with Crippen LogP contribution in [0.25, 0.3) is 0 Å². The fraction of sp³-hybridized carbons (Fsp3) is 0.706. The Bertz CT molecular complexity index is 468. The molecule has 1 heterocycles. The van der Waals surface area contributed by atoms with Crippen LogP contribution in [0, 0.1) is 12.8 Å². The van der Waals surface area contributed by atoms with Crippen molar-refractivity contribution in [3.05, 3.63) is 17.6 Å². The van der Waals surface area contributed by atoms with Gasteiger partial charge in [0.15, 0.2) is 0 Å². The van der Waals surface area contributed by atoms with Crippen LogP contribution in [0.15, 0.2) is 6.07 Å². The van der Waals surface area contributed by atoms with E-state index in [1.165, 1.54) is 0 Å². The number of carbonyl (C=O) groups excluding carboxylic acids is 1. The molecule has 0 bridgehead atoms. The number of amides is 1. The largest absolute Gasteiger partial charge is 0.370 e. The van der Waals surface area contributed by atoms with Crippen LogP contribution in [0.5, 0.6) is 0 Å². The molecule has 0 atom stereocenters. The van der Waals surface area contributed by atoms with Crippen molar-refractivity contribution in [2.75, 3.05) is 25.0 Å². The van der Waals surface area contributed by atoms with E-state index in [0.29, 0.717) is 17.4 Å². The third-order valence-electron chi connectivity index (χ3n) is 3.36. The minimum absolute atomic E-state index is 0.00103. The Labute approximate surface area is 134 Å². The number of aryl methyl sites for hydroxylation is 1. The zero-order valence-electron chi connectivity index (χ0n) is 14.6. The molecule has 1 rings (SSSR count). The number of nitrogens with one attached hydrogen (secondary N) is 1. The molecule has 0 aliphatic rings. The van der Waals surface area contributed by atoms with Crippen LogP contribution >= 0.6 is 0 Å². The van der Waals surface area contributed by atoms with Gasteiger partial charge in [-0.15, -0.1) is 0 Å². The number of anilines is 1. The molecule has 5 nitrogen and oxygen atoms in total. The fourth-order valence-corrected chi connectivity index (χ4v) is 2.27. The average Bonchev–Trinajstić information content (AvgIpc) is 2.45. The summed E-state index contributed by atoms with van der Waals surface area (Å²) in [6, 6.07) is 1.77. The van der Waals surface area contributed by atoms with Gasteiger partial charge in [-0.3, -0.25) is 4.79 Å². The molecule has 0 spiro atoms. The number of carbonyl (C=O) groups is 1. The molecule has 22 heavy (non-hydrogen) atoms. The van der Waals surface area contributed by atoms with E-state index in [9.17, 15) is 4.79 Å². The third kappa shape index (κ3) is 6.00. The minimum Gasteiger partial charge on any atom is -0.370 e. The maximum atomic E-state index is 12.6. The summed E-state index contributed by atoms with van der Waals surface area (Å²) in [5.74, 6) is 2.01. The molecule has 0 aliphatic heterocycles. The molecule has 0 aromatic carbocycles. The summed E-state index contributed by atoms with van der Waals surface area (Å²) < 4.78 is 0. The predicted octanol–water partition coefficient (Wildman–Crippen LogP) is 3.51. The monoisotopic (exact) mass is 306 g/mol. The van der Waals surface area contributed by atoms with Gasteiger partial charge in [-0.2, -0.15) is 0 Å². The van der Waals surface area contributed by atoms with E-state index in [1.807, 2.05) is 11.8 Å². The molecular formula is C17H30N4O. The van der Waals surface area contributed by atoms with Gasteiger partial charge in [0.2, 0.25) is 0 Å². The first kappa shape index (κ1) is 18.4. The Balaban J connectivity index is 2.84. The molecule has 1 aromatic rings. The van der Waals surface area contributed by atoms with Crippen LogP contribution < -0.4 is 5.32 Å². The van der Waals surface area contributed by atoms with Gasteiger partial charge in [0.1, 0.15) is 17.3 Å². The topological polar surface area (TPSA) is 58.1 Å². The molecule has 5 heteroatoms. The normalized spacial score (nSPS) is 10.8. The molecule has 1 amide bonds. The Kier molecular flexibility index (Phi) is 7.85. The second-order valence-electron chi connectivity index (χ2n) is 6.09. The zero-order valence-corrected chi connectivity index (χ0v) is 14.6. The van der Waals surface area contributed by atoms with Crippen LogP contribution in [-0.4, -0.2) is 40.4 Å².